The van der Waals surface area contributed by atoms with E-state index in [-0.39, 0.29) is 43.3 Å². The summed E-state index contributed by atoms with van der Waals surface area (Å²) in [5.74, 6) is 0. The lowest BCUT2D eigenvalue weighted by Crippen LogP contribution is -2.78. The van der Waals surface area contributed by atoms with E-state index in [0.717, 1.165) is 0 Å². The van der Waals surface area contributed by atoms with Crippen molar-refractivity contribution >= 4 is 0 Å². The van der Waals surface area contributed by atoms with Crippen LogP contribution in [0.25, 0.3) is 0 Å². The van der Waals surface area contributed by atoms with Crippen molar-refractivity contribution in [1.29, 1.82) is 0 Å². The standard InChI is InChI=1S/C26H48/c1-17-18(2)25(15)21(7,8)23(11,12)26(16,20(5,6)19(17,3)4)24(13,14)22(25,9)10/h1-16H3/b18-17-. The monoisotopic (exact) mass is 360 g/mol. The van der Waals surface area contributed by atoms with E-state index in [1.807, 2.05) is 0 Å². The third-order valence-corrected chi connectivity index (χ3v) is 13.2. The van der Waals surface area contributed by atoms with Crippen LogP contribution in [-0.2, 0) is 0 Å². The molecular formula is C26H48. The molecule has 152 valence electrons. The fourth-order valence-electron chi connectivity index (χ4n) is 8.50. The minimum Gasteiger partial charge on any atom is -0.0676 e. The molecule has 0 spiro atoms. The summed E-state index contributed by atoms with van der Waals surface area (Å²) in [5, 5.41) is 0. The number of rotatable bonds is 0. The number of hydrogen-bond donors (Lipinski definition) is 0. The van der Waals surface area contributed by atoms with E-state index in [1.165, 1.54) is 0 Å². The Hall–Kier alpha value is -0.260. The van der Waals surface area contributed by atoms with Crippen molar-refractivity contribution in [1.82, 2.24) is 0 Å². The Morgan fingerprint density at radius 3 is 1.00 bits per heavy atom. The molecule has 0 N–H and O–H groups in total. The fourth-order valence-corrected chi connectivity index (χ4v) is 8.50. The summed E-state index contributed by atoms with van der Waals surface area (Å²) in [5.41, 5.74) is 4.53. The van der Waals surface area contributed by atoms with Crippen LogP contribution in [-0.4, -0.2) is 0 Å². The maximum atomic E-state index is 2.63. The molecule has 0 aromatic heterocycles. The van der Waals surface area contributed by atoms with Crippen molar-refractivity contribution in [2.24, 2.45) is 43.3 Å². The molecule has 0 heteroatoms. The highest BCUT2D eigenvalue weighted by Crippen LogP contribution is 2.86. The van der Waals surface area contributed by atoms with E-state index in [2.05, 4.69) is 111 Å². The average Bonchev–Trinajstić information content (AvgIpc) is 2.48. The van der Waals surface area contributed by atoms with Crippen LogP contribution in [0, 0.1) is 43.3 Å². The predicted octanol–water partition coefficient (Wildman–Crippen LogP) is 8.52. The highest BCUT2D eigenvalue weighted by atomic mass is 14.8. The maximum Gasteiger partial charge on any atom is -0.000356 e. The Kier molecular flexibility index (Phi) is 4.09. The van der Waals surface area contributed by atoms with Gasteiger partial charge >= 0.3 is 0 Å². The van der Waals surface area contributed by atoms with E-state index in [0.29, 0.717) is 0 Å². The van der Waals surface area contributed by atoms with Crippen LogP contribution in [0.2, 0.25) is 0 Å². The molecule has 2 bridgehead atoms. The lowest BCUT2D eigenvalue weighted by Gasteiger charge is -2.83. The smallest absolute Gasteiger partial charge is 0.000356 e. The summed E-state index contributed by atoms with van der Waals surface area (Å²) in [6.07, 6.45) is 0. The number of allylic oxidation sites excluding steroid dienone is 2. The minimum atomic E-state index is 0.129. The maximum absolute atomic E-state index is 2.63. The topological polar surface area (TPSA) is 0 Å². The SMILES string of the molecule is C/C1=C(\C)C2(C)C(C)(C)C(C)(C)C(C)(C(C)(C)C1(C)C)C(C)(C)C2(C)C. The summed E-state index contributed by atoms with van der Waals surface area (Å²) in [6.45, 7) is 40.8. The molecule has 0 saturated heterocycles. The van der Waals surface area contributed by atoms with Crippen molar-refractivity contribution in [3.63, 3.8) is 0 Å². The first kappa shape index (κ1) is 22.0. The zero-order chi connectivity index (χ0) is 21.2. The van der Waals surface area contributed by atoms with E-state index in [1.54, 1.807) is 11.1 Å². The molecule has 3 aliphatic rings. The van der Waals surface area contributed by atoms with Gasteiger partial charge in [-0.2, -0.15) is 0 Å². The average molecular weight is 361 g/mol. The Morgan fingerprint density at radius 1 is 0.385 bits per heavy atom. The van der Waals surface area contributed by atoms with Gasteiger partial charge in [-0.15, -0.1) is 0 Å². The lowest BCUT2D eigenvalue weighted by atomic mass is 9.21. The summed E-state index contributed by atoms with van der Waals surface area (Å²) < 4.78 is 0. The van der Waals surface area contributed by atoms with Gasteiger partial charge in [-0.05, 0) is 57.2 Å². The van der Waals surface area contributed by atoms with Crippen molar-refractivity contribution in [2.45, 2.75) is 111 Å². The second-order valence-electron chi connectivity index (χ2n) is 13.2. The molecule has 0 aliphatic heterocycles. The van der Waals surface area contributed by atoms with Gasteiger partial charge in [-0.1, -0.05) is 108 Å². The molecule has 26 heavy (non-hydrogen) atoms. The van der Waals surface area contributed by atoms with Crippen LogP contribution in [0.5, 0.6) is 0 Å². The number of fused-ring (bicyclic) bond motifs is 4. The Labute approximate surface area is 165 Å². The zero-order valence-electron chi connectivity index (χ0n) is 21.0. The van der Waals surface area contributed by atoms with Gasteiger partial charge in [-0.3, -0.25) is 0 Å². The first-order chi connectivity index (χ1) is 11.1. The van der Waals surface area contributed by atoms with Crippen LogP contribution in [0.15, 0.2) is 11.1 Å². The molecule has 3 rings (SSSR count). The van der Waals surface area contributed by atoms with Crippen LogP contribution in [0.3, 0.4) is 0 Å². The molecule has 0 aromatic rings. The normalized spacial score (nSPS) is 44.3. The van der Waals surface area contributed by atoms with Gasteiger partial charge in [0.2, 0.25) is 0 Å². The molecule has 1 fully saturated rings. The summed E-state index contributed by atoms with van der Waals surface area (Å²) >= 11 is 0. The summed E-state index contributed by atoms with van der Waals surface area (Å²) in [4.78, 5) is 0. The van der Waals surface area contributed by atoms with Crippen molar-refractivity contribution in [2.75, 3.05) is 0 Å². The fraction of sp³-hybridized carbons (Fsp3) is 0.923. The third-order valence-electron chi connectivity index (χ3n) is 13.2. The molecule has 0 radical (unpaired) electrons. The Balaban J connectivity index is 3.30. The van der Waals surface area contributed by atoms with Crippen LogP contribution in [0.4, 0.5) is 0 Å². The van der Waals surface area contributed by atoms with Crippen LogP contribution >= 0.6 is 0 Å². The molecule has 0 atom stereocenters. The van der Waals surface area contributed by atoms with E-state index >= 15 is 0 Å². The van der Waals surface area contributed by atoms with Gasteiger partial charge in [0.15, 0.2) is 0 Å². The van der Waals surface area contributed by atoms with E-state index in [4.69, 9.17) is 0 Å². The largest absolute Gasteiger partial charge is 0.0676 e. The van der Waals surface area contributed by atoms with Crippen molar-refractivity contribution < 1.29 is 0 Å². The second-order valence-corrected chi connectivity index (χ2v) is 13.2. The third kappa shape index (κ3) is 1.59. The summed E-state index contributed by atoms with van der Waals surface area (Å²) in [6, 6.07) is 0. The van der Waals surface area contributed by atoms with Gasteiger partial charge in [-0.25, -0.2) is 0 Å². The van der Waals surface area contributed by atoms with Gasteiger partial charge in [0, 0.05) is 0 Å². The second kappa shape index (κ2) is 4.83. The lowest BCUT2D eigenvalue weighted by molar-refractivity contribution is -0.333. The van der Waals surface area contributed by atoms with Gasteiger partial charge in [0.25, 0.3) is 0 Å². The van der Waals surface area contributed by atoms with Crippen molar-refractivity contribution in [3.8, 4) is 0 Å². The molecule has 0 unspecified atom stereocenters. The van der Waals surface area contributed by atoms with Crippen LogP contribution in [0.1, 0.15) is 111 Å². The quantitative estimate of drug-likeness (QED) is 0.380. The van der Waals surface area contributed by atoms with Gasteiger partial charge in [0.1, 0.15) is 0 Å². The molecule has 1 saturated carbocycles. The highest BCUT2D eigenvalue weighted by Gasteiger charge is 2.80. The summed E-state index contributed by atoms with van der Waals surface area (Å²) in [7, 11) is 0. The number of hydrogen-bond acceptors (Lipinski definition) is 0. The minimum absolute atomic E-state index is 0.129. The molecule has 0 nitrogen and oxygen atoms in total. The predicted molar refractivity (Wildman–Crippen MR) is 117 cm³/mol. The van der Waals surface area contributed by atoms with Gasteiger partial charge < -0.3 is 0 Å². The first-order valence-electron chi connectivity index (χ1n) is 10.8. The van der Waals surface area contributed by atoms with Crippen molar-refractivity contribution in [3.05, 3.63) is 11.1 Å². The molecule has 0 amide bonds. The zero-order valence-corrected chi connectivity index (χ0v) is 21.0. The Morgan fingerprint density at radius 2 is 0.692 bits per heavy atom. The van der Waals surface area contributed by atoms with Crippen LogP contribution < -0.4 is 0 Å². The highest BCUT2D eigenvalue weighted by molar-refractivity contribution is 5.40. The Bertz CT molecular complexity index is 630. The first-order valence-corrected chi connectivity index (χ1v) is 10.8. The molecule has 3 aliphatic carbocycles. The molecule has 0 heterocycles. The molecule has 0 aromatic carbocycles. The van der Waals surface area contributed by atoms with E-state index in [9.17, 15) is 0 Å². The van der Waals surface area contributed by atoms with Gasteiger partial charge in [0.05, 0.1) is 0 Å². The van der Waals surface area contributed by atoms with E-state index < -0.39 is 0 Å². The molecular weight excluding hydrogens is 312 g/mol.